The molecule has 3 N–H and O–H groups in total. The third-order valence-corrected chi connectivity index (χ3v) is 7.72. The van der Waals surface area contributed by atoms with Gasteiger partial charge in [0.1, 0.15) is 18.4 Å². The fourth-order valence-corrected chi connectivity index (χ4v) is 5.25. The highest BCUT2D eigenvalue weighted by Crippen LogP contribution is 2.22. The minimum atomic E-state index is -1.02. The fraction of sp³-hybridized carbons (Fsp3) is 0.289. The van der Waals surface area contributed by atoms with Crippen LogP contribution in [0, 0.1) is 5.92 Å². The molecule has 7 nitrogen and oxygen atoms in total. The van der Waals surface area contributed by atoms with E-state index < -0.39 is 12.0 Å². The fourth-order valence-electron chi connectivity index (χ4n) is 5.25. The molecule has 45 heavy (non-hydrogen) atoms. The number of ether oxygens (including phenoxy) is 1. The van der Waals surface area contributed by atoms with Gasteiger partial charge in [-0.2, -0.15) is 0 Å². The van der Waals surface area contributed by atoms with Crippen LogP contribution in [0.15, 0.2) is 109 Å². The average molecular weight is 607 g/mol. The summed E-state index contributed by atoms with van der Waals surface area (Å²) in [5, 5.41) is 16.1. The number of amides is 1. The normalized spacial score (nSPS) is 12.1. The first-order valence-corrected chi connectivity index (χ1v) is 15.7. The quantitative estimate of drug-likeness (QED) is 0.0836. The van der Waals surface area contributed by atoms with Crippen molar-refractivity contribution in [3.8, 4) is 5.75 Å². The Morgan fingerprint density at radius 3 is 2.09 bits per heavy atom. The van der Waals surface area contributed by atoms with Gasteiger partial charge in [0.2, 0.25) is 5.91 Å². The predicted molar refractivity (Wildman–Crippen MR) is 178 cm³/mol. The largest absolute Gasteiger partial charge is 0.492 e. The number of rotatable bonds is 18. The van der Waals surface area contributed by atoms with Crippen molar-refractivity contribution in [2.45, 2.75) is 51.5 Å². The van der Waals surface area contributed by atoms with Crippen LogP contribution >= 0.6 is 0 Å². The maximum Gasteiger partial charge on any atom is 0.326 e. The van der Waals surface area contributed by atoms with Gasteiger partial charge >= 0.3 is 5.97 Å². The van der Waals surface area contributed by atoms with Gasteiger partial charge in [0.05, 0.1) is 6.54 Å². The van der Waals surface area contributed by atoms with E-state index in [2.05, 4.69) is 29.7 Å². The average Bonchev–Trinajstić information content (AvgIpc) is 3.07. The van der Waals surface area contributed by atoms with Gasteiger partial charge in [-0.3, -0.25) is 9.59 Å². The van der Waals surface area contributed by atoms with E-state index in [0.717, 1.165) is 43.2 Å². The van der Waals surface area contributed by atoms with Crippen LogP contribution < -0.4 is 15.4 Å². The standard InChI is InChI=1S/C38H42N2O5/c1-2-3-6-17-31(26-28-13-7-4-8-14-28)37(42)39-24-25-45-32-22-20-29(21-23-32)27-35(38(43)44)40-34-19-12-11-18-33(34)36(41)30-15-9-5-10-16-30/h4-5,7-16,18-23,31,35,40H,2-3,6,17,24-27H2,1H3,(H,39,42)(H,43,44). The topological polar surface area (TPSA) is 105 Å². The first kappa shape index (κ1) is 33.0. The summed E-state index contributed by atoms with van der Waals surface area (Å²) in [4.78, 5) is 38.2. The Labute approximate surface area is 265 Å². The number of aliphatic carboxylic acids is 1. The molecule has 0 aliphatic rings. The highest BCUT2D eigenvalue weighted by atomic mass is 16.5. The van der Waals surface area contributed by atoms with Crippen LogP contribution in [0.2, 0.25) is 0 Å². The summed E-state index contributed by atoms with van der Waals surface area (Å²) in [6, 6.07) is 32.3. The molecule has 0 saturated carbocycles. The molecule has 4 rings (SSSR count). The summed E-state index contributed by atoms with van der Waals surface area (Å²) >= 11 is 0. The first-order chi connectivity index (χ1) is 21.9. The second-order valence-corrected chi connectivity index (χ2v) is 11.1. The number of para-hydroxylation sites is 1. The number of carboxylic acid groups (broad SMARTS) is 1. The Morgan fingerprint density at radius 2 is 1.40 bits per heavy atom. The van der Waals surface area contributed by atoms with E-state index in [4.69, 9.17) is 4.74 Å². The highest BCUT2D eigenvalue weighted by molar-refractivity contribution is 6.12. The maximum atomic E-state index is 13.1. The van der Waals surface area contributed by atoms with Gasteiger partial charge in [0.15, 0.2) is 5.78 Å². The lowest BCUT2D eigenvalue weighted by Crippen LogP contribution is -2.34. The third kappa shape index (κ3) is 10.3. The van der Waals surface area contributed by atoms with E-state index in [1.807, 2.05) is 36.4 Å². The minimum absolute atomic E-state index is 0.0492. The van der Waals surface area contributed by atoms with E-state index in [1.54, 1.807) is 60.7 Å². The number of carboxylic acids is 1. The van der Waals surface area contributed by atoms with Gasteiger partial charge in [-0.25, -0.2) is 4.79 Å². The lowest BCUT2D eigenvalue weighted by atomic mass is 9.93. The number of unbranched alkanes of at least 4 members (excludes halogenated alkanes) is 2. The van der Waals surface area contributed by atoms with E-state index >= 15 is 0 Å². The number of hydrogen-bond donors (Lipinski definition) is 3. The number of benzene rings is 4. The number of hydrogen-bond acceptors (Lipinski definition) is 5. The summed E-state index contributed by atoms with van der Waals surface area (Å²) in [7, 11) is 0. The van der Waals surface area contributed by atoms with Crippen molar-refractivity contribution in [2.24, 2.45) is 5.92 Å². The van der Waals surface area contributed by atoms with Crippen LogP contribution in [0.25, 0.3) is 0 Å². The van der Waals surface area contributed by atoms with Gasteiger partial charge in [0, 0.05) is 29.2 Å². The second-order valence-electron chi connectivity index (χ2n) is 11.1. The molecule has 0 aromatic heterocycles. The van der Waals surface area contributed by atoms with Crippen LogP contribution in [0.3, 0.4) is 0 Å². The molecule has 0 heterocycles. The Bertz CT molecular complexity index is 1510. The van der Waals surface area contributed by atoms with Crippen molar-refractivity contribution in [3.63, 3.8) is 0 Å². The number of nitrogens with one attached hydrogen (secondary N) is 2. The predicted octanol–water partition coefficient (Wildman–Crippen LogP) is 6.96. The molecule has 4 aromatic rings. The third-order valence-electron chi connectivity index (χ3n) is 7.72. The first-order valence-electron chi connectivity index (χ1n) is 15.7. The van der Waals surface area contributed by atoms with E-state index in [1.165, 1.54) is 0 Å². The van der Waals surface area contributed by atoms with Crippen LogP contribution in [-0.2, 0) is 22.4 Å². The smallest absolute Gasteiger partial charge is 0.326 e. The molecule has 0 bridgehead atoms. The maximum absolute atomic E-state index is 13.1. The lowest BCUT2D eigenvalue weighted by Gasteiger charge is -2.19. The number of ketones is 1. The summed E-state index contributed by atoms with van der Waals surface area (Å²) in [5.41, 5.74) is 3.39. The molecule has 1 amide bonds. The molecule has 234 valence electrons. The SMILES string of the molecule is CCCCCC(Cc1ccccc1)C(=O)NCCOc1ccc(CC(Nc2ccccc2C(=O)c2ccccc2)C(=O)O)cc1. The molecule has 4 aromatic carbocycles. The number of carbonyl (C=O) groups is 3. The highest BCUT2D eigenvalue weighted by Gasteiger charge is 2.22. The van der Waals surface area contributed by atoms with Gasteiger partial charge in [0.25, 0.3) is 0 Å². The van der Waals surface area contributed by atoms with Gasteiger partial charge in [-0.05, 0) is 48.2 Å². The van der Waals surface area contributed by atoms with Crippen LogP contribution in [0.1, 0.15) is 59.7 Å². The monoisotopic (exact) mass is 606 g/mol. The zero-order valence-electron chi connectivity index (χ0n) is 25.8. The lowest BCUT2D eigenvalue weighted by molar-refractivity contribution is -0.137. The van der Waals surface area contributed by atoms with Gasteiger partial charge in [-0.1, -0.05) is 111 Å². The van der Waals surface area contributed by atoms with Gasteiger partial charge < -0.3 is 20.5 Å². The summed E-state index contributed by atoms with van der Waals surface area (Å²) in [6.07, 6.45) is 5.05. The molecule has 2 atom stereocenters. The molecule has 0 spiro atoms. The molecule has 0 aliphatic carbocycles. The Kier molecular flexibility index (Phi) is 12.8. The Hall–Kier alpha value is -4.91. The van der Waals surface area contributed by atoms with Crippen LogP contribution in [0.4, 0.5) is 5.69 Å². The molecule has 0 saturated heterocycles. The molecule has 2 unspecified atom stereocenters. The van der Waals surface area contributed by atoms with E-state index in [0.29, 0.717) is 35.7 Å². The van der Waals surface area contributed by atoms with Crippen molar-refractivity contribution in [2.75, 3.05) is 18.5 Å². The zero-order chi connectivity index (χ0) is 31.9. The molecular weight excluding hydrogens is 564 g/mol. The summed E-state index contributed by atoms with van der Waals surface area (Å²) in [6.45, 7) is 2.88. The Morgan fingerprint density at radius 1 is 0.756 bits per heavy atom. The van der Waals surface area contributed by atoms with Crippen LogP contribution in [0.5, 0.6) is 5.75 Å². The van der Waals surface area contributed by atoms with Crippen molar-refractivity contribution in [1.82, 2.24) is 5.32 Å². The molecular formula is C38H42N2O5. The second kappa shape index (κ2) is 17.4. The minimum Gasteiger partial charge on any atom is -0.492 e. The van der Waals surface area contributed by atoms with E-state index in [-0.39, 0.29) is 24.0 Å². The Balaban J connectivity index is 1.29. The summed E-state index contributed by atoms with van der Waals surface area (Å²) in [5.74, 6) is -0.585. The van der Waals surface area contributed by atoms with Crippen molar-refractivity contribution in [3.05, 3.63) is 131 Å². The molecule has 7 heteroatoms. The number of anilines is 1. The molecule has 0 radical (unpaired) electrons. The van der Waals surface area contributed by atoms with Gasteiger partial charge in [-0.15, -0.1) is 0 Å². The molecule has 0 aliphatic heterocycles. The van der Waals surface area contributed by atoms with Crippen molar-refractivity contribution >= 4 is 23.3 Å². The summed E-state index contributed by atoms with van der Waals surface area (Å²) < 4.78 is 5.86. The number of carbonyl (C=O) groups excluding carboxylic acids is 2. The van der Waals surface area contributed by atoms with Crippen LogP contribution in [-0.4, -0.2) is 42.0 Å². The zero-order valence-corrected chi connectivity index (χ0v) is 25.8. The van der Waals surface area contributed by atoms with Crippen molar-refractivity contribution in [1.29, 1.82) is 0 Å². The van der Waals surface area contributed by atoms with E-state index in [9.17, 15) is 19.5 Å². The molecule has 0 fully saturated rings. The van der Waals surface area contributed by atoms with Crippen molar-refractivity contribution < 1.29 is 24.2 Å².